The molecule has 0 unspecified atom stereocenters. The maximum Gasteiger partial charge on any atom is 0.227 e. The number of oxazole rings is 1. The van der Waals surface area contributed by atoms with Gasteiger partial charge in [-0.3, -0.25) is 4.79 Å². The van der Waals surface area contributed by atoms with Crippen LogP contribution in [0.5, 0.6) is 0 Å². The number of fused-ring (bicyclic) bond motifs is 1. The van der Waals surface area contributed by atoms with Crippen molar-refractivity contribution in [3.8, 4) is 11.5 Å². The molecule has 0 spiro atoms. The molecule has 0 saturated carbocycles. The van der Waals surface area contributed by atoms with Crippen LogP contribution in [0.15, 0.2) is 40.8 Å². The molecule has 0 aliphatic rings. The fourth-order valence-corrected chi connectivity index (χ4v) is 2.75. The number of hydrogen-bond donors (Lipinski definition) is 0. The van der Waals surface area contributed by atoms with E-state index in [1.165, 1.54) is 0 Å². The monoisotopic (exact) mass is 348 g/mol. The van der Waals surface area contributed by atoms with Crippen molar-refractivity contribution >= 4 is 40.2 Å². The lowest BCUT2D eigenvalue weighted by molar-refractivity contribution is -0.127. The number of carbonyl (C=O) groups is 1. The van der Waals surface area contributed by atoms with Gasteiger partial charge in [-0.15, -0.1) is 0 Å². The van der Waals surface area contributed by atoms with Crippen LogP contribution in [0.4, 0.5) is 0 Å². The molecular weight excluding hydrogens is 335 g/mol. The van der Waals surface area contributed by atoms with Crippen LogP contribution < -0.4 is 0 Å². The third kappa shape index (κ3) is 3.33. The zero-order chi connectivity index (χ0) is 16.6. The van der Waals surface area contributed by atoms with E-state index < -0.39 is 0 Å². The lowest BCUT2D eigenvalue weighted by Gasteiger charge is -2.10. The Labute approximate surface area is 143 Å². The molecule has 1 aromatic heterocycles. The second-order valence-electron chi connectivity index (χ2n) is 5.42. The zero-order valence-electron chi connectivity index (χ0n) is 12.6. The van der Waals surface area contributed by atoms with E-state index in [1.807, 2.05) is 24.3 Å². The molecule has 1 amide bonds. The SMILES string of the molecule is CN(C)C(=O)Cc1cccc(-c2nc3cc(Cl)cc(Cl)c3o2)c1. The maximum absolute atomic E-state index is 11.8. The number of carbonyl (C=O) groups excluding carboxylic acids is 1. The predicted octanol–water partition coefficient (Wildman–Crippen LogP) is 4.43. The fourth-order valence-electron chi connectivity index (χ4n) is 2.23. The highest BCUT2D eigenvalue weighted by Gasteiger charge is 2.13. The molecule has 1 heterocycles. The first-order valence-corrected chi connectivity index (χ1v) is 7.74. The van der Waals surface area contributed by atoms with E-state index in [-0.39, 0.29) is 5.91 Å². The first-order chi connectivity index (χ1) is 10.9. The van der Waals surface area contributed by atoms with Crippen LogP contribution in [0, 0.1) is 0 Å². The third-order valence-corrected chi connectivity index (χ3v) is 3.94. The fraction of sp³-hybridized carbons (Fsp3) is 0.176. The van der Waals surface area contributed by atoms with Crippen molar-refractivity contribution in [2.75, 3.05) is 14.1 Å². The molecule has 0 N–H and O–H groups in total. The molecule has 0 radical (unpaired) electrons. The van der Waals surface area contributed by atoms with Gasteiger partial charge >= 0.3 is 0 Å². The topological polar surface area (TPSA) is 46.3 Å². The van der Waals surface area contributed by atoms with E-state index in [1.54, 1.807) is 31.1 Å². The molecule has 0 bridgehead atoms. The number of rotatable bonds is 3. The number of hydrogen-bond acceptors (Lipinski definition) is 3. The average molecular weight is 349 g/mol. The Kier molecular flexibility index (Phi) is 4.28. The molecule has 0 aliphatic heterocycles. The smallest absolute Gasteiger partial charge is 0.227 e. The molecule has 0 aliphatic carbocycles. The second-order valence-corrected chi connectivity index (χ2v) is 6.26. The molecule has 118 valence electrons. The summed E-state index contributed by atoms with van der Waals surface area (Å²) in [6.45, 7) is 0. The summed E-state index contributed by atoms with van der Waals surface area (Å²) in [5, 5.41) is 0.929. The van der Waals surface area contributed by atoms with Crippen molar-refractivity contribution in [2.24, 2.45) is 0 Å². The van der Waals surface area contributed by atoms with E-state index in [0.29, 0.717) is 33.5 Å². The van der Waals surface area contributed by atoms with Gasteiger partial charge in [-0.25, -0.2) is 4.98 Å². The zero-order valence-corrected chi connectivity index (χ0v) is 14.1. The summed E-state index contributed by atoms with van der Waals surface area (Å²) in [4.78, 5) is 17.8. The van der Waals surface area contributed by atoms with E-state index in [4.69, 9.17) is 27.6 Å². The quantitative estimate of drug-likeness (QED) is 0.703. The number of likely N-dealkylation sites (N-methyl/N-ethyl adjacent to an activating group) is 1. The van der Waals surface area contributed by atoms with E-state index in [0.717, 1.165) is 11.1 Å². The highest BCUT2D eigenvalue weighted by Crippen LogP contribution is 2.32. The molecule has 3 aromatic rings. The normalized spacial score (nSPS) is 11.0. The van der Waals surface area contributed by atoms with Gasteiger partial charge in [-0.1, -0.05) is 35.3 Å². The number of nitrogens with zero attached hydrogens (tertiary/aromatic N) is 2. The van der Waals surface area contributed by atoms with Crippen LogP contribution >= 0.6 is 23.2 Å². The van der Waals surface area contributed by atoms with Crippen molar-refractivity contribution in [1.82, 2.24) is 9.88 Å². The molecule has 0 saturated heterocycles. The van der Waals surface area contributed by atoms with E-state index in [9.17, 15) is 4.79 Å². The molecular formula is C17H14Cl2N2O2. The summed E-state index contributed by atoms with van der Waals surface area (Å²) in [5.41, 5.74) is 2.79. The number of halogens is 2. The molecule has 0 fully saturated rings. The van der Waals surface area contributed by atoms with Crippen molar-refractivity contribution in [1.29, 1.82) is 0 Å². The predicted molar refractivity (Wildman–Crippen MR) is 91.9 cm³/mol. The lowest BCUT2D eigenvalue weighted by atomic mass is 10.1. The molecule has 3 rings (SSSR count). The van der Waals surface area contributed by atoms with Crippen LogP contribution in [0.1, 0.15) is 5.56 Å². The van der Waals surface area contributed by atoms with Gasteiger partial charge in [0.1, 0.15) is 5.52 Å². The van der Waals surface area contributed by atoms with Crippen molar-refractivity contribution in [3.63, 3.8) is 0 Å². The molecule has 23 heavy (non-hydrogen) atoms. The van der Waals surface area contributed by atoms with Gasteiger partial charge < -0.3 is 9.32 Å². The first kappa shape index (κ1) is 15.8. The van der Waals surface area contributed by atoms with Crippen LogP contribution in [-0.2, 0) is 11.2 Å². The van der Waals surface area contributed by atoms with Gasteiger partial charge in [-0.2, -0.15) is 0 Å². The van der Waals surface area contributed by atoms with E-state index >= 15 is 0 Å². The average Bonchev–Trinajstić information content (AvgIpc) is 2.91. The Hall–Kier alpha value is -2.04. The van der Waals surface area contributed by atoms with Gasteiger partial charge in [0.2, 0.25) is 11.8 Å². The Bertz CT molecular complexity index is 887. The lowest BCUT2D eigenvalue weighted by Crippen LogP contribution is -2.23. The Morgan fingerprint density at radius 3 is 2.74 bits per heavy atom. The highest BCUT2D eigenvalue weighted by atomic mass is 35.5. The summed E-state index contributed by atoms with van der Waals surface area (Å²) < 4.78 is 5.75. The molecule has 0 atom stereocenters. The van der Waals surface area contributed by atoms with Crippen LogP contribution in [-0.4, -0.2) is 29.9 Å². The summed E-state index contributed by atoms with van der Waals surface area (Å²) in [5.74, 6) is 0.484. The van der Waals surface area contributed by atoms with Crippen molar-refractivity contribution in [2.45, 2.75) is 6.42 Å². The van der Waals surface area contributed by atoms with E-state index in [2.05, 4.69) is 4.98 Å². The number of aromatic nitrogens is 1. The van der Waals surface area contributed by atoms with Gasteiger partial charge in [0, 0.05) is 24.7 Å². The number of amides is 1. The summed E-state index contributed by atoms with van der Waals surface area (Å²) >= 11 is 12.1. The second kappa shape index (κ2) is 6.22. The first-order valence-electron chi connectivity index (χ1n) is 6.99. The summed E-state index contributed by atoms with van der Waals surface area (Å²) in [6, 6.07) is 10.9. The van der Waals surface area contributed by atoms with Crippen LogP contribution in [0.25, 0.3) is 22.6 Å². The highest BCUT2D eigenvalue weighted by molar-refractivity contribution is 6.38. The summed E-state index contributed by atoms with van der Waals surface area (Å²) in [6.07, 6.45) is 0.327. The Balaban J connectivity index is 1.99. The minimum absolute atomic E-state index is 0.0366. The Morgan fingerprint density at radius 1 is 1.22 bits per heavy atom. The van der Waals surface area contributed by atoms with Gasteiger partial charge in [-0.05, 0) is 29.8 Å². The minimum Gasteiger partial charge on any atom is -0.435 e. The largest absolute Gasteiger partial charge is 0.435 e. The van der Waals surface area contributed by atoms with Crippen molar-refractivity contribution in [3.05, 3.63) is 52.0 Å². The minimum atomic E-state index is 0.0366. The molecule has 2 aromatic carbocycles. The maximum atomic E-state index is 11.8. The van der Waals surface area contributed by atoms with Gasteiger partial charge in [0.25, 0.3) is 0 Å². The third-order valence-electron chi connectivity index (χ3n) is 3.44. The Morgan fingerprint density at radius 2 is 2.00 bits per heavy atom. The number of benzene rings is 2. The van der Waals surface area contributed by atoms with Crippen molar-refractivity contribution < 1.29 is 9.21 Å². The van der Waals surface area contributed by atoms with Crippen LogP contribution in [0.2, 0.25) is 10.0 Å². The molecule has 6 heteroatoms. The van der Waals surface area contributed by atoms with Crippen LogP contribution in [0.3, 0.4) is 0 Å². The van der Waals surface area contributed by atoms with Gasteiger partial charge in [0.15, 0.2) is 5.58 Å². The standard InChI is InChI=1S/C17H14Cl2N2O2/c1-21(2)15(22)7-10-4-3-5-11(6-10)17-20-14-9-12(18)8-13(19)16(14)23-17/h3-6,8-9H,7H2,1-2H3. The molecule has 4 nitrogen and oxygen atoms in total. The summed E-state index contributed by atoms with van der Waals surface area (Å²) in [7, 11) is 3.47. The van der Waals surface area contributed by atoms with Gasteiger partial charge in [0.05, 0.1) is 11.4 Å².